The lowest BCUT2D eigenvalue weighted by atomic mass is 10.0. The Kier molecular flexibility index (Phi) is 3.63. The van der Waals surface area contributed by atoms with Gasteiger partial charge in [0, 0.05) is 0 Å². The second kappa shape index (κ2) is 4.57. The number of aliphatic carboxylic acids is 1. The van der Waals surface area contributed by atoms with Gasteiger partial charge in [-0.2, -0.15) is 12.6 Å². The summed E-state index contributed by atoms with van der Waals surface area (Å²) in [6, 6.07) is 3.57. The summed E-state index contributed by atoms with van der Waals surface area (Å²) in [6.45, 7) is 3.58. The number of hydrogen-bond donors (Lipinski definition) is 3. The number of aryl methyl sites for hydroxylation is 2. The number of thiol groups is 1. The first-order valence-corrected chi connectivity index (χ1v) is 5.13. The lowest BCUT2D eigenvalue weighted by Crippen LogP contribution is -2.16. The van der Waals surface area contributed by atoms with Crippen LogP contribution in [0.1, 0.15) is 16.7 Å². The molecular weight excluding hydrogens is 212 g/mol. The molecule has 0 spiro atoms. The Bertz CT molecular complexity index is 364. The molecule has 0 saturated heterocycles. The molecule has 0 aliphatic heterocycles. The number of phenols is 1. The van der Waals surface area contributed by atoms with Gasteiger partial charge in [-0.15, -0.1) is 0 Å². The maximum atomic E-state index is 10.6. The predicted octanol–water partition coefficient (Wildman–Crippen LogP) is 1.93. The summed E-state index contributed by atoms with van der Waals surface area (Å²) < 4.78 is 0. The van der Waals surface area contributed by atoms with Crippen molar-refractivity contribution in [2.75, 3.05) is 0 Å². The average Bonchev–Trinajstić information content (AvgIpc) is 2.13. The minimum Gasteiger partial charge on any atom is -0.507 e. The summed E-state index contributed by atoms with van der Waals surface area (Å²) in [4.78, 5) is 10.6. The third kappa shape index (κ3) is 2.89. The molecule has 1 unspecified atom stereocenters. The Morgan fingerprint density at radius 2 is 1.87 bits per heavy atom. The monoisotopic (exact) mass is 226 g/mol. The molecule has 3 nitrogen and oxygen atoms in total. The Morgan fingerprint density at radius 3 is 2.27 bits per heavy atom. The van der Waals surface area contributed by atoms with Gasteiger partial charge in [-0.05, 0) is 37.0 Å². The quantitative estimate of drug-likeness (QED) is 0.690. The molecule has 0 saturated carbocycles. The minimum absolute atomic E-state index is 0.268. The summed E-state index contributed by atoms with van der Waals surface area (Å²) in [5, 5.41) is 17.5. The van der Waals surface area contributed by atoms with Crippen molar-refractivity contribution in [3.8, 4) is 5.75 Å². The standard InChI is InChI=1S/C11H14O3S/c1-6-3-8(4-7(2)10(6)12)5-9(15)11(13)14/h3-4,9,12,15H,5H2,1-2H3,(H,13,14). The Hall–Kier alpha value is -1.16. The molecule has 1 atom stereocenters. The van der Waals surface area contributed by atoms with Gasteiger partial charge in [-0.3, -0.25) is 4.79 Å². The van der Waals surface area contributed by atoms with Crippen LogP contribution in [0.2, 0.25) is 0 Å². The third-order valence-electron chi connectivity index (χ3n) is 2.26. The van der Waals surface area contributed by atoms with Crippen molar-refractivity contribution in [1.82, 2.24) is 0 Å². The highest BCUT2D eigenvalue weighted by molar-refractivity contribution is 7.81. The maximum absolute atomic E-state index is 10.6. The molecule has 0 aliphatic carbocycles. The second-order valence-electron chi connectivity index (χ2n) is 3.64. The van der Waals surface area contributed by atoms with Gasteiger partial charge in [0.2, 0.25) is 0 Å². The van der Waals surface area contributed by atoms with E-state index in [9.17, 15) is 9.90 Å². The van der Waals surface area contributed by atoms with E-state index in [0.717, 1.165) is 16.7 Å². The number of aromatic hydroxyl groups is 1. The van der Waals surface area contributed by atoms with Crippen LogP contribution in [0, 0.1) is 13.8 Å². The van der Waals surface area contributed by atoms with E-state index in [1.807, 2.05) is 0 Å². The minimum atomic E-state index is -0.929. The van der Waals surface area contributed by atoms with E-state index in [2.05, 4.69) is 12.6 Å². The van der Waals surface area contributed by atoms with Gasteiger partial charge in [-0.25, -0.2) is 0 Å². The molecule has 2 N–H and O–H groups in total. The van der Waals surface area contributed by atoms with Crippen LogP contribution in [-0.4, -0.2) is 21.4 Å². The third-order valence-corrected chi connectivity index (χ3v) is 2.67. The lowest BCUT2D eigenvalue weighted by Gasteiger charge is -2.09. The molecule has 0 heterocycles. The van der Waals surface area contributed by atoms with Crippen LogP contribution in [-0.2, 0) is 11.2 Å². The van der Waals surface area contributed by atoms with Crippen LogP contribution in [0.4, 0.5) is 0 Å². The zero-order valence-corrected chi connectivity index (χ0v) is 9.58. The molecule has 0 aromatic heterocycles. The number of hydrogen-bond acceptors (Lipinski definition) is 3. The van der Waals surface area contributed by atoms with Gasteiger partial charge in [0.15, 0.2) is 0 Å². The van der Waals surface area contributed by atoms with E-state index in [4.69, 9.17) is 5.11 Å². The van der Waals surface area contributed by atoms with Crippen molar-refractivity contribution in [1.29, 1.82) is 0 Å². The normalized spacial score (nSPS) is 12.5. The molecule has 0 amide bonds. The SMILES string of the molecule is Cc1cc(CC(S)C(=O)O)cc(C)c1O. The topological polar surface area (TPSA) is 57.5 Å². The molecule has 4 heteroatoms. The highest BCUT2D eigenvalue weighted by Crippen LogP contribution is 2.24. The fourth-order valence-corrected chi connectivity index (χ4v) is 1.68. The van der Waals surface area contributed by atoms with Crippen molar-refractivity contribution in [3.05, 3.63) is 28.8 Å². The van der Waals surface area contributed by atoms with Crippen molar-refractivity contribution in [2.24, 2.45) is 0 Å². The fraction of sp³-hybridized carbons (Fsp3) is 0.364. The molecule has 0 bridgehead atoms. The van der Waals surface area contributed by atoms with Gasteiger partial charge in [0.1, 0.15) is 11.0 Å². The molecule has 0 fully saturated rings. The molecule has 82 valence electrons. The average molecular weight is 226 g/mol. The highest BCUT2D eigenvalue weighted by atomic mass is 32.1. The molecule has 1 rings (SSSR count). The smallest absolute Gasteiger partial charge is 0.316 e. The Balaban J connectivity index is 2.92. The van der Waals surface area contributed by atoms with E-state index in [1.165, 1.54) is 0 Å². The summed E-state index contributed by atoms with van der Waals surface area (Å²) in [7, 11) is 0. The number of rotatable bonds is 3. The van der Waals surface area contributed by atoms with Crippen LogP contribution < -0.4 is 0 Å². The first-order valence-electron chi connectivity index (χ1n) is 4.61. The first-order chi connectivity index (χ1) is 6.91. The van der Waals surface area contributed by atoms with E-state index >= 15 is 0 Å². The van der Waals surface area contributed by atoms with Crippen LogP contribution >= 0.6 is 12.6 Å². The van der Waals surface area contributed by atoms with Crippen molar-refractivity contribution < 1.29 is 15.0 Å². The van der Waals surface area contributed by atoms with Crippen LogP contribution in [0.3, 0.4) is 0 Å². The van der Waals surface area contributed by atoms with Crippen LogP contribution in [0.5, 0.6) is 5.75 Å². The molecule has 0 aliphatic rings. The van der Waals surface area contributed by atoms with Gasteiger partial charge in [-0.1, -0.05) is 12.1 Å². The largest absolute Gasteiger partial charge is 0.507 e. The number of benzene rings is 1. The Morgan fingerprint density at radius 1 is 1.40 bits per heavy atom. The predicted molar refractivity (Wildman–Crippen MR) is 61.7 cm³/mol. The van der Waals surface area contributed by atoms with E-state index < -0.39 is 11.2 Å². The highest BCUT2D eigenvalue weighted by Gasteiger charge is 2.13. The molecule has 1 aromatic rings. The van der Waals surface area contributed by atoms with Gasteiger partial charge in [0.05, 0.1) is 0 Å². The van der Waals surface area contributed by atoms with E-state index in [1.54, 1.807) is 26.0 Å². The van der Waals surface area contributed by atoms with Gasteiger partial charge >= 0.3 is 5.97 Å². The molecule has 0 radical (unpaired) electrons. The Labute approximate surface area is 94.2 Å². The van der Waals surface area contributed by atoms with Gasteiger partial charge in [0.25, 0.3) is 0 Å². The van der Waals surface area contributed by atoms with Crippen LogP contribution in [0.25, 0.3) is 0 Å². The summed E-state index contributed by atoms with van der Waals surface area (Å²) in [6.07, 6.45) is 0.362. The summed E-state index contributed by atoms with van der Waals surface area (Å²) >= 11 is 3.97. The van der Waals surface area contributed by atoms with Crippen molar-refractivity contribution >= 4 is 18.6 Å². The lowest BCUT2D eigenvalue weighted by molar-refractivity contribution is -0.136. The van der Waals surface area contributed by atoms with Crippen molar-refractivity contribution in [3.63, 3.8) is 0 Å². The van der Waals surface area contributed by atoms with Gasteiger partial charge < -0.3 is 10.2 Å². The molecular formula is C11H14O3S. The van der Waals surface area contributed by atoms with Crippen molar-refractivity contribution in [2.45, 2.75) is 25.5 Å². The zero-order chi connectivity index (χ0) is 11.6. The molecule has 15 heavy (non-hydrogen) atoms. The number of carbonyl (C=O) groups is 1. The molecule has 1 aromatic carbocycles. The fourth-order valence-electron chi connectivity index (χ4n) is 1.47. The number of phenolic OH excluding ortho intramolecular Hbond substituents is 1. The number of carboxylic acids is 1. The first kappa shape index (κ1) is 11.9. The second-order valence-corrected chi connectivity index (χ2v) is 4.26. The van der Waals surface area contributed by atoms with E-state index in [0.29, 0.717) is 6.42 Å². The summed E-state index contributed by atoms with van der Waals surface area (Å²) in [5.74, 6) is -0.661. The maximum Gasteiger partial charge on any atom is 0.316 e. The summed E-state index contributed by atoms with van der Waals surface area (Å²) in [5.41, 5.74) is 2.40. The van der Waals surface area contributed by atoms with E-state index in [-0.39, 0.29) is 5.75 Å². The van der Waals surface area contributed by atoms with Crippen LogP contribution in [0.15, 0.2) is 12.1 Å². The zero-order valence-electron chi connectivity index (χ0n) is 8.69. The number of carboxylic acid groups (broad SMARTS) is 1.